The molecule has 1 atom stereocenters. The zero-order valence-electron chi connectivity index (χ0n) is 16.3. The summed E-state index contributed by atoms with van der Waals surface area (Å²) in [7, 11) is 0. The molecule has 2 amide bonds. The normalized spacial score (nSPS) is 11.7. The monoisotopic (exact) mass is 397 g/mol. The van der Waals surface area contributed by atoms with Crippen LogP contribution < -0.4 is 20.3 Å². The maximum atomic E-state index is 12.1. The van der Waals surface area contributed by atoms with Crippen molar-refractivity contribution in [1.82, 2.24) is 15.8 Å². The van der Waals surface area contributed by atoms with Gasteiger partial charge in [0.25, 0.3) is 5.91 Å². The molecule has 1 heterocycles. The standard InChI is InChI=1S/C21H23N3O5/c1-3-27-15-8-10-16(11-9-15)28-14(2)21(26)24-23-19(25)12-13-20-22-17-6-4-5-7-18(17)29-20/h4-11,14H,3,12-13H2,1-2H3,(H,23,25)(H,24,26)/t14-/m1/s1. The molecule has 0 aliphatic carbocycles. The van der Waals surface area contributed by atoms with Gasteiger partial charge in [-0.3, -0.25) is 20.4 Å². The number of rotatable bonds is 8. The van der Waals surface area contributed by atoms with Crippen LogP contribution in [0.25, 0.3) is 11.1 Å². The van der Waals surface area contributed by atoms with Gasteiger partial charge in [-0.2, -0.15) is 0 Å². The van der Waals surface area contributed by atoms with E-state index in [9.17, 15) is 9.59 Å². The van der Waals surface area contributed by atoms with Crippen LogP contribution in [-0.2, 0) is 16.0 Å². The molecule has 29 heavy (non-hydrogen) atoms. The number of oxazole rings is 1. The Hall–Kier alpha value is -3.55. The quantitative estimate of drug-likeness (QED) is 0.567. The van der Waals surface area contributed by atoms with Gasteiger partial charge in [-0.1, -0.05) is 12.1 Å². The number of nitrogens with zero attached hydrogens (tertiary/aromatic N) is 1. The van der Waals surface area contributed by atoms with Crippen molar-refractivity contribution in [3.8, 4) is 11.5 Å². The first-order valence-electron chi connectivity index (χ1n) is 9.38. The molecule has 0 saturated carbocycles. The molecular formula is C21H23N3O5. The second kappa shape index (κ2) is 9.59. The number of aryl methyl sites for hydroxylation is 1. The van der Waals surface area contributed by atoms with Gasteiger partial charge in [0.15, 0.2) is 17.6 Å². The Morgan fingerprint density at radius 2 is 1.79 bits per heavy atom. The highest BCUT2D eigenvalue weighted by molar-refractivity contribution is 5.84. The second-order valence-electron chi connectivity index (χ2n) is 6.28. The molecule has 8 nitrogen and oxygen atoms in total. The first-order chi connectivity index (χ1) is 14.0. The van der Waals surface area contributed by atoms with Gasteiger partial charge in [0.2, 0.25) is 5.91 Å². The average molecular weight is 397 g/mol. The number of carbonyl (C=O) groups excluding carboxylic acids is 2. The lowest BCUT2D eigenvalue weighted by Gasteiger charge is -2.15. The van der Waals surface area contributed by atoms with Crippen LogP contribution in [-0.4, -0.2) is 29.5 Å². The Morgan fingerprint density at radius 1 is 1.07 bits per heavy atom. The molecule has 0 aliphatic rings. The second-order valence-corrected chi connectivity index (χ2v) is 6.28. The molecule has 0 bridgehead atoms. The molecule has 0 saturated heterocycles. The molecule has 3 rings (SSSR count). The van der Waals surface area contributed by atoms with Crippen molar-refractivity contribution in [3.05, 3.63) is 54.4 Å². The molecule has 1 aromatic heterocycles. The van der Waals surface area contributed by atoms with E-state index >= 15 is 0 Å². The first-order valence-corrected chi connectivity index (χ1v) is 9.38. The van der Waals surface area contributed by atoms with Crippen LogP contribution in [0.2, 0.25) is 0 Å². The molecule has 0 aliphatic heterocycles. The van der Waals surface area contributed by atoms with Gasteiger partial charge >= 0.3 is 0 Å². The highest BCUT2D eigenvalue weighted by atomic mass is 16.5. The molecule has 0 fully saturated rings. The Bertz CT molecular complexity index is 935. The molecule has 2 aromatic carbocycles. The first kappa shape index (κ1) is 20.2. The van der Waals surface area contributed by atoms with Crippen molar-refractivity contribution in [1.29, 1.82) is 0 Å². The highest BCUT2D eigenvalue weighted by Gasteiger charge is 2.16. The summed E-state index contributed by atoms with van der Waals surface area (Å²) in [6.07, 6.45) is -0.333. The molecule has 8 heteroatoms. The lowest BCUT2D eigenvalue weighted by Crippen LogP contribution is -2.47. The van der Waals surface area contributed by atoms with E-state index in [1.807, 2.05) is 31.2 Å². The molecule has 0 spiro atoms. The van der Waals surface area contributed by atoms with Crippen molar-refractivity contribution >= 4 is 22.9 Å². The maximum Gasteiger partial charge on any atom is 0.279 e. The number of hydrazine groups is 1. The van der Waals surface area contributed by atoms with Gasteiger partial charge in [-0.05, 0) is 50.2 Å². The van der Waals surface area contributed by atoms with Crippen LogP contribution in [0.1, 0.15) is 26.2 Å². The summed E-state index contributed by atoms with van der Waals surface area (Å²) in [6.45, 7) is 4.07. The Balaban J connectivity index is 1.41. The van der Waals surface area contributed by atoms with E-state index in [1.165, 1.54) is 0 Å². The number of para-hydroxylation sites is 2. The minimum Gasteiger partial charge on any atom is -0.494 e. The SMILES string of the molecule is CCOc1ccc(O[C@H](C)C(=O)NNC(=O)CCc2nc3ccccc3o2)cc1. The van der Waals surface area contributed by atoms with E-state index < -0.39 is 12.0 Å². The smallest absolute Gasteiger partial charge is 0.279 e. The van der Waals surface area contributed by atoms with Crippen molar-refractivity contribution in [2.75, 3.05) is 6.61 Å². The lowest BCUT2D eigenvalue weighted by atomic mass is 10.3. The molecule has 152 valence electrons. The van der Waals surface area contributed by atoms with Crippen LogP contribution in [0, 0.1) is 0 Å². The lowest BCUT2D eigenvalue weighted by molar-refractivity contribution is -0.132. The topological polar surface area (TPSA) is 103 Å². The molecule has 0 radical (unpaired) electrons. The molecule has 2 N–H and O–H groups in total. The van der Waals surface area contributed by atoms with Gasteiger partial charge in [0.1, 0.15) is 17.0 Å². The van der Waals surface area contributed by atoms with E-state index in [2.05, 4.69) is 15.8 Å². The Morgan fingerprint density at radius 3 is 2.52 bits per heavy atom. The predicted molar refractivity (Wildman–Crippen MR) is 106 cm³/mol. The number of nitrogens with one attached hydrogen (secondary N) is 2. The maximum absolute atomic E-state index is 12.1. The minimum absolute atomic E-state index is 0.126. The number of benzene rings is 2. The summed E-state index contributed by atoms with van der Waals surface area (Å²) in [5.74, 6) is 0.907. The van der Waals surface area contributed by atoms with Crippen molar-refractivity contribution < 1.29 is 23.5 Å². The summed E-state index contributed by atoms with van der Waals surface area (Å²) in [5.41, 5.74) is 6.15. The highest BCUT2D eigenvalue weighted by Crippen LogP contribution is 2.18. The number of hydrogen-bond acceptors (Lipinski definition) is 6. The van der Waals surface area contributed by atoms with E-state index in [4.69, 9.17) is 13.9 Å². The van der Waals surface area contributed by atoms with Gasteiger partial charge in [0.05, 0.1) is 6.61 Å². The number of aromatic nitrogens is 1. The molecule has 3 aromatic rings. The number of carbonyl (C=O) groups is 2. The van der Waals surface area contributed by atoms with Crippen molar-refractivity contribution in [2.45, 2.75) is 32.8 Å². The van der Waals surface area contributed by atoms with Gasteiger partial charge < -0.3 is 13.9 Å². The van der Waals surface area contributed by atoms with Gasteiger partial charge in [-0.25, -0.2) is 4.98 Å². The van der Waals surface area contributed by atoms with Gasteiger partial charge in [-0.15, -0.1) is 0 Å². The van der Waals surface area contributed by atoms with Gasteiger partial charge in [0, 0.05) is 12.8 Å². The summed E-state index contributed by atoms with van der Waals surface area (Å²) in [6, 6.07) is 14.3. The van der Waals surface area contributed by atoms with E-state index in [1.54, 1.807) is 31.2 Å². The van der Waals surface area contributed by atoms with Crippen LogP contribution in [0.5, 0.6) is 11.5 Å². The molecular weight excluding hydrogens is 374 g/mol. The summed E-state index contributed by atoms with van der Waals surface area (Å²) >= 11 is 0. The van der Waals surface area contributed by atoms with Crippen LogP contribution in [0.15, 0.2) is 52.9 Å². The third kappa shape index (κ3) is 5.71. The molecule has 0 unspecified atom stereocenters. The fourth-order valence-electron chi connectivity index (χ4n) is 2.58. The largest absolute Gasteiger partial charge is 0.494 e. The third-order valence-corrected chi connectivity index (χ3v) is 4.05. The minimum atomic E-state index is -0.787. The fraction of sp³-hybridized carbons (Fsp3) is 0.286. The summed E-state index contributed by atoms with van der Waals surface area (Å²) in [5, 5.41) is 0. The Labute approximate surface area is 168 Å². The van der Waals surface area contributed by atoms with E-state index in [0.29, 0.717) is 30.3 Å². The fourth-order valence-corrected chi connectivity index (χ4v) is 2.58. The third-order valence-electron chi connectivity index (χ3n) is 4.05. The van der Waals surface area contributed by atoms with E-state index in [0.717, 1.165) is 11.3 Å². The number of amides is 2. The van der Waals surface area contributed by atoms with Crippen molar-refractivity contribution in [3.63, 3.8) is 0 Å². The van der Waals surface area contributed by atoms with E-state index in [-0.39, 0.29) is 12.3 Å². The number of fused-ring (bicyclic) bond motifs is 1. The zero-order valence-corrected chi connectivity index (χ0v) is 16.3. The summed E-state index contributed by atoms with van der Waals surface area (Å²) in [4.78, 5) is 28.4. The summed E-state index contributed by atoms with van der Waals surface area (Å²) < 4.78 is 16.5. The Kier molecular flexibility index (Phi) is 6.67. The van der Waals surface area contributed by atoms with Crippen LogP contribution in [0.3, 0.4) is 0 Å². The van der Waals surface area contributed by atoms with Crippen LogP contribution >= 0.6 is 0 Å². The average Bonchev–Trinajstić information content (AvgIpc) is 3.15. The predicted octanol–water partition coefficient (Wildman–Crippen LogP) is 2.77. The van der Waals surface area contributed by atoms with Crippen LogP contribution in [0.4, 0.5) is 0 Å². The number of hydrogen-bond donors (Lipinski definition) is 2. The zero-order chi connectivity index (χ0) is 20.6. The number of ether oxygens (including phenoxy) is 2. The van der Waals surface area contributed by atoms with Crippen molar-refractivity contribution in [2.24, 2.45) is 0 Å².